The Morgan fingerprint density at radius 3 is 2.48 bits per heavy atom. The van der Waals surface area contributed by atoms with Crippen LogP contribution in [0.1, 0.15) is 29.5 Å². The Bertz CT molecular complexity index is 890. The summed E-state index contributed by atoms with van der Waals surface area (Å²) in [5, 5.41) is 6.52. The van der Waals surface area contributed by atoms with Gasteiger partial charge in [0, 0.05) is 45.9 Å². The molecule has 0 spiro atoms. The second-order valence-corrected chi connectivity index (χ2v) is 8.18. The van der Waals surface area contributed by atoms with E-state index >= 15 is 0 Å². The van der Waals surface area contributed by atoms with E-state index in [2.05, 4.69) is 33.6 Å². The lowest BCUT2D eigenvalue weighted by molar-refractivity contribution is 0.0392. The van der Waals surface area contributed by atoms with Crippen LogP contribution in [0.25, 0.3) is 0 Å². The van der Waals surface area contributed by atoms with Crippen LogP contribution in [0.2, 0.25) is 0 Å². The summed E-state index contributed by atoms with van der Waals surface area (Å²) in [7, 11) is 3.88. The molecule has 0 unspecified atom stereocenters. The molecule has 1 aliphatic heterocycles. The summed E-state index contributed by atoms with van der Waals surface area (Å²) in [4.78, 5) is 6.61. The van der Waals surface area contributed by atoms with Gasteiger partial charge in [0.25, 0.3) is 0 Å². The van der Waals surface area contributed by atoms with Gasteiger partial charge in [0.05, 0.1) is 0 Å². The zero-order valence-corrected chi connectivity index (χ0v) is 22.1. The minimum absolute atomic E-state index is 0. The van der Waals surface area contributed by atoms with Gasteiger partial charge in [-0.25, -0.2) is 4.39 Å². The van der Waals surface area contributed by atoms with Crippen LogP contribution in [-0.2, 0) is 17.8 Å². The highest BCUT2D eigenvalue weighted by Crippen LogP contribution is 2.15. The van der Waals surface area contributed by atoms with Gasteiger partial charge in [-0.1, -0.05) is 24.3 Å². The largest absolute Gasteiger partial charge is 0.492 e. The first kappa shape index (κ1) is 27.3. The lowest BCUT2D eigenvalue weighted by atomic mass is 10.1. The Hall–Kier alpha value is -1.91. The van der Waals surface area contributed by atoms with Gasteiger partial charge in [0.1, 0.15) is 18.2 Å². The molecule has 1 fully saturated rings. The molecule has 0 bridgehead atoms. The average Bonchev–Trinajstić information content (AvgIpc) is 2.82. The fraction of sp³-hybridized carbons (Fsp3) is 0.480. The van der Waals surface area contributed by atoms with Crippen LogP contribution in [0.4, 0.5) is 4.39 Å². The van der Waals surface area contributed by atoms with E-state index < -0.39 is 0 Å². The van der Waals surface area contributed by atoms with Gasteiger partial charge in [-0.15, -0.1) is 24.0 Å². The zero-order chi connectivity index (χ0) is 22.8. The fourth-order valence-corrected chi connectivity index (χ4v) is 3.70. The highest BCUT2D eigenvalue weighted by Gasteiger charge is 2.18. The van der Waals surface area contributed by atoms with Gasteiger partial charge < -0.3 is 20.1 Å². The number of hydrogen-bond donors (Lipinski definition) is 2. The maximum Gasteiger partial charge on any atom is 0.191 e. The highest BCUT2D eigenvalue weighted by molar-refractivity contribution is 14.0. The molecule has 33 heavy (non-hydrogen) atoms. The van der Waals surface area contributed by atoms with Crippen molar-refractivity contribution in [2.75, 3.05) is 40.5 Å². The summed E-state index contributed by atoms with van der Waals surface area (Å²) < 4.78 is 25.2. The topological polar surface area (TPSA) is 58.1 Å². The number of nitrogens with one attached hydrogen (secondary N) is 2. The van der Waals surface area contributed by atoms with E-state index in [1.54, 1.807) is 26.1 Å². The summed E-state index contributed by atoms with van der Waals surface area (Å²) >= 11 is 0. The molecule has 0 radical (unpaired) electrons. The van der Waals surface area contributed by atoms with Gasteiger partial charge >= 0.3 is 0 Å². The van der Waals surface area contributed by atoms with Gasteiger partial charge in [0.2, 0.25) is 0 Å². The van der Waals surface area contributed by atoms with Crippen molar-refractivity contribution in [3.05, 3.63) is 65.0 Å². The molecule has 2 N–H and O–H groups in total. The van der Waals surface area contributed by atoms with E-state index in [0.29, 0.717) is 37.3 Å². The molecule has 0 aliphatic carbocycles. The van der Waals surface area contributed by atoms with Crippen molar-refractivity contribution in [1.82, 2.24) is 15.5 Å². The maximum atomic E-state index is 13.7. The second-order valence-electron chi connectivity index (χ2n) is 8.18. The lowest BCUT2D eigenvalue weighted by Gasteiger charge is -2.31. The molecule has 0 aromatic heterocycles. The van der Waals surface area contributed by atoms with Crippen molar-refractivity contribution in [1.29, 1.82) is 0 Å². The first-order chi connectivity index (χ1) is 15.5. The van der Waals surface area contributed by atoms with E-state index in [9.17, 15) is 4.39 Å². The standard InChI is InChI=1S/C25H35FN4O2.HI/c1-19-7-8-21(16-24(19)26)18-29-25(27-2)28-17-20-5-4-6-23(15-20)32-14-11-30(3)22-9-12-31-13-10-22;/h4-8,15-16,22H,9-14,17-18H2,1-3H3,(H2,27,28,29);1H. The molecule has 3 rings (SSSR count). The average molecular weight is 570 g/mol. The van der Waals surface area contributed by atoms with Gasteiger partial charge in [0.15, 0.2) is 5.96 Å². The number of guanidine groups is 1. The number of likely N-dealkylation sites (N-methyl/N-ethyl adjacent to an activating group) is 1. The highest BCUT2D eigenvalue weighted by atomic mass is 127. The van der Waals surface area contributed by atoms with Gasteiger partial charge in [-0.2, -0.15) is 0 Å². The third-order valence-corrected chi connectivity index (χ3v) is 5.81. The molecular weight excluding hydrogens is 534 g/mol. The minimum Gasteiger partial charge on any atom is -0.492 e. The van der Waals surface area contributed by atoms with Crippen LogP contribution in [0.15, 0.2) is 47.5 Å². The van der Waals surface area contributed by atoms with Crippen molar-refractivity contribution in [3.63, 3.8) is 0 Å². The monoisotopic (exact) mass is 570 g/mol. The van der Waals surface area contributed by atoms with Crippen molar-refractivity contribution >= 4 is 29.9 Å². The first-order valence-electron chi connectivity index (χ1n) is 11.2. The van der Waals surface area contributed by atoms with Crippen LogP contribution in [0.3, 0.4) is 0 Å². The van der Waals surface area contributed by atoms with E-state index in [-0.39, 0.29) is 29.8 Å². The maximum absolute atomic E-state index is 13.7. The molecular formula is C25H36FIN4O2. The lowest BCUT2D eigenvalue weighted by Crippen LogP contribution is -2.38. The number of aryl methyl sites for hydroxylation is 1. The predicted octanol–water partition coefficient (Wildman–Crippen LogP) is 4.11. The molecule has 182 valence electrons. The molecule has 2 aromatic carbocycles. The molecule has 1 aliphatic rings. The summed E-state index contributed by atoms with van der Waals surface area (Å²) in [6.45, 7) is 6.12. The molecule has 8 heteroatoms. The summed E-state index contributed by atoms with van der Waals surface area (Å²) in [6.07, 6.45) is 2.18. The van der Waals surface area contributed by atoms with Gasteiger partial charge in [-0.3, -0.25) is 9.89 Å². The van der Waals surface area contributed by atoms with Crippen molar-refractivity contribution in [2.45, 2.75) is 38.9 Å². The van der Waals surface area contributed by atoms with Crippen LogP contribution < -0.4 is 15.4 Å². The zero-order valence-electron chi connectivity index (χ0n) is 19.8. The number of halogens is 2. The predicted molar refractivity (Wildman–Crippen MR) is 142 cm³/mol. The fourth-order valence-electron chi connectivity index (χ4n) is 3.70. The van der Waals surface area contributed by atoms with Crippen LogP contribution in [0, 0.1) is 12.7 Å². The summed E-state index contributed by atoms with van der Waals surface area (Å²) in [5.74, 6) is 1.33. The molecule has 6 nitrogen and oxygen atoms in total. The van der Waals surface area contributed by atoms with Crippen molar-refractivity contribution in [2.24, 2.45) is 4.99 Å². The Labute approximate surface area is 214 Å². The number of aliphatic imine (C=N–C) groups is 1. The molecule has 2 aromatic rings. The number of nitrogens with zero attached hydrogens (tertiary/aromatic N) is 2. The van der Waals surface area contributed by atoms with Gasteiger partial charge in [-0.05, 0) is 61.7 Å². The molecule has 1 saturated heterocycles. The molecule has 1 heterocycles. The normalized spacial score (nSPS) is 14.6. The van der Waals surface area contributed by atoms with Crippen molar-refractivity contribution < 1.29 is 13.9 Å². The third kappa shape index (κ3) is 9.10. The van der Waals surface area contributed by atoms with Crippen molar-refractivity contribution in [3.8, 4) is 5.75 Å². The van der Waals surface area contributed by atoms with Crippen LogP contribution >= 0.6 is 24.0 Å². The Balaban J connectivity index is 0.00000385. The number of benzene rings is 2. The third-order valence-electron chi connectivity index (χ3n) is 5.81. The van der Waals surface area contributed by atoms with E-state index in [4.69, 9.17) is 9.47 Å². The second kappa shape index (κ2) is 14.4. The molecule has 0 atom stereocenters. The Morgan fingerprint density at radius 2 is 1.82 bits per heavy atom. The molecule has 0 amide bonds. The SMILES string of the molecule is CN=C(NCc1cccc(OCCN(C)C2CCOCC2)c1)NCc1ccc(C)c(F)c1.I. The summed E-state index contributed by atoms with van der Waals surface area (Å²) in [5.41, 5.74) is 2.62. The first-order valence-corrected chi connectivity index (χ1v) is 11.2. The summed E-state index contributed by atoms with van der Waals surface area (Å²) in [6, 6.07) is 13.9. The van der Waals surface area contributed by atoms with E-state index in [1.807, 2.05) is 24.3 Å². The minimum atomic E-state index is -0.192. The smallest absolute Gasteiger partial charge is 0.191 e. The quantitative estimate of drug-likeness (QED) is 0.270. The number of ether oxygens (including phenoxy) is 2. The van der Waals surface area contributed by atoms with E-state index in [0.717, 1.165) is 49.5 Å². The Morgan fingerprint density at radius 1 is 1.12 bits per heavy atom. The van der Waals surface area contributed by atoms with E-state index in [1.165, 1.54) is 0 Å². The number of rotatable bonds is 9. The van der Waals surface area contributed by atoms with Crippen LogP contribution in [-0.4, -0.2) is 57.4 Å². The Kier molecular flexibility index (Phi) is 11.9. The van der Waals surface area contributed by atoms with Crippen LogP contribution in [0.5, 0.6) is 5.75 Å². The molecule has 0 saturated carbocycles. The number of hydrogen-bond acceptors (Lipinski definition) is 4.